The van der Waals surface area contributed by atoms with E-state index in [-0.39, 0.29) is 35.1 Å². The van der Waals surface area contributed by atoms with E-state index >= 15 is 0 Å². The van der Waals surface area contributed by atoms with Crippen molar-refractivity contribution in [1.82, 2.24) is 9.47 Å². The van der Waals surface area contributed by atoms with E-state index in [9.17, 15) is 19.2 Å². The zero-order valence-electron chi connectivity index (χ0n) is 18.1. The van der Waals surface area contributed by atoms with Gasteiger partial charge >= 0.3 is 6.03 Å². The number of likely N-dealkylation sites (tertiary alicyclic amines) is 1. The molecule has 0 aliphatic carbocycles. The molecule has 2 N–H and O–H groups in total. The highest BCUT2D eigenvalue weighted by Crippen LogP contribution is 2.35. The Balaban J connectivity index is 1.47. The minimum Gasteiger partial charge on any atom is -0.324 e. The third-order valence-electron chi connectivity index (χ3n) is 5.98. The van der Waals surface area contributed by atoms with Gasteiger partial charge < -0.3 is 20.1 Å². The zero-order chi connectivity index (χ0) is 22.8. The number of carbonyl (C=O) groups excluding carboxylic acids is 3. The van der Waals surface area contributed by atoms with Gasteiger partial charge in [-0.2, -0.15) is 11.8 Å². The summed E-state index contributed by atoms with van der Waals surface area (Å²) in [6.07, 6.45) is 2.76. The molecule has 4 rings (SSSR count). The van der Waals surface area contributed by atoms with Crippen molar-refractivity contribution in [1.29, 1.82) is 0 Å². The second kappa shape index (κ2) is 9.20. The van der Waals surface area contributed by atoms with E-state index in [1.807, 2.05) is 12.3 Å². The first-order chi connectivity index (χ1) is 15.4. The number of benzene rings is 1. The fourth-order valence-electron chi connectivity index (χ4n) is 4.51. The molecule has 1 saturated heterocycles. The summed E-state index contributed by atoms with van der Waals surface area (Å²) in [6, 6.07) is 10.2. The SMILES string of the molecule is CSCC(=O)Nc1ccc2n(c1=O)C[C@@H]1C[C@@H]2CN(C(=O)Nc2ccc(C(C)=O)cc2)C1. The smallest absolute Gasteiger partial charge is 0.321 e. The number of aromatic nitrogens is 1. The summed E-state index contributed by atoms with van der Waals surface area (Å²) in [7, 11) is 0. The lowest BCUT2D eigenvalue weighted by Crippen LogP contribution is -2.50. The van der Waals surface area contributed by atoms with Gasteiger partial charge in [0.15, 0.2) is 5.78 Å². The lowest BCUT2D eigenvalue weighted by Gasteiger charge is -2.42. The minimum absolute atomic E-state index is 0.0207. The molecule has 2 bridgehead atoms. The van der Waals surface area contributed by atoms with Gasteiger partial charge in [0.2, 0.25) is 5.91 Å². The maximum atomic E-state index is 12.9. The molecule has 8 nitrogen and oxygen atoms in total. The highest BCUT2D eigenvalue weighted by molar-refractivity contribution is 7.99. The molecule has 9 heteroatoms. The monoisotopic (exact) mass is 454 g/mol. The summed E-state index contributed by atoms with van der Waals surface area (Å²) in [5, 5.41) is 5.61. The Kier molecular flexibility index (Phi) is 6.36. The summed E-state index contributed by atoms with van der Waals surface area (Å²) in [5.74, 6) is 0.324. The third-order valence-corrected chi connectivity index (χ3v) is 6.53. The third kappa shape index (κ3) is 4.57. The molecule has 3 amide bonds. The number of carbonyl (C=O) groups is 3. The van der Waals surface area contributed by atoms with Crippen molar-refractivity contribution in [2.45, 2.75) is 25.8 Å². The Morgan fingerprint density at radius 1 is 1.03 bits per heavy atom. The molecule has 0 saturated carbocycles. The molecule has 2 atom stereocenters. The highest BCUT2D eigenvalue weighted by atomic mass is 32.2. The van der Waals surface area contributed by atoms with E-state index in [0.717, 1.165) is 12.1 Å². The van der Waals surface area contributed by atoms with Crippen molar-refractivity contribution in [3.63, 3.8) is 0 Å². The number of nitrogens with one attached hydrogen (secondary N) is 2. The molecule has 1 aromatic heterocycles. The molecule has 2 aliphatic rings. The van der Waals surface area contributed by atoms with E-state index in [1.54, 1.807) is 39.8 Å². The second-order valence-corrected chi connectivity index (χ2v) is 9.20. The number of nitrogens with zero attached hydrogens (tertiary/aromatic N) is 2. The molecule has 0 unspecified atom stereocenters. The number of Topliss-reactive ketones (excluding diaryl/α,β-unsaturated/α-hetero) is 1. The maximum Gasteiger partial charge on any atom is 0.321 e. The molecule has 32 heavy (non-hydrogen) atoms. The van der Waals surface area contributed by atoms with Gasteiger partial charge in [-0.05, 0) is 61.9 Å². The predicted octanol–water partition coefficient (Wildman–Crippen LogP) is 3.00. The Labute approximate surface area is 190 Å². The molecule has 3 heterocycles. The molecule has 168 valence electrons. The predicted molar refractivity (Wildman–Crippen MR) is 126 cm³/mol. The number of piperidine rings is 1. The number of rotatable bonds is 5. The van der Waals surface area contributed by atoms with E-state index in [1.165, 1.54) is 18.7 Å². The summed E-state index contributed by atoms with van der Waals surface area (Å²) in [6.45, 7) is 3.10. The Hall–Kier alpha value is -3.07. The molecule has 1 fully saturated rings. The van der Waals surface area contributed by atoms with E-state index in [2.05, 4.69) is 10.6 Å². The first kappa shape index (κ1) is 22.1. The quantitative estimate of drug-likeness (QED) is 0.677. The Bertz CT molecular complexity index is 1110. The van der Waals surface area contributed by atoms with E-state index < -0.39 is 0 Å². The molecule has 1 aromatic carbocycles. The van der Waals surface area contributed by atoms with Crippen LogP contribution >= 0.6 is 11.8 Å². The van der Waals surface area contributed by atoms with Gasteiger partial charge in [-0.15, -0.1) is 0 Å². The van der Waals surface area contributed by atoms with Crippen LogP contribution in [0.15, 0.2) is 41.2 Å². The van der Waals surface area contributed by atoms with Crippen LogP contribution in [0.4, 0.5) is 16.2 Å². The summed E-state index contributed by atoms with van der Waals surface area (Å²) >= 11 is 1.40. The summed E-state index contributed by atoms with van der Waals surface area (Å²) < 4.78 is 1.75. The Morgan fingerprint density at radius 2 is 1.78 bits per heavy atom. The van der Waals surface area contributed by atoms with Crippen molar-refractivity contribution in [2.24, 2.45) is 5.92 Å². The molecule has 2 aliphatic heterocycles. The lowest BCUT2D eigenvalue weighted by molar-refractivity contribution is -0.113. The van der Waals surface area contributed by atoms with Gasteiger partial charge in [0, 0.05) is 42.5 Å². The highest BCUT2D eigenvalue weighted by Gasteiger charge is 2.36. The average Bonchev–Trinajstić information content (AvgIpc) is 2.76. The van der Waals surface area contributed by atoms with Crippen LogP contribution in [0.2, 0.25) is 0 Å². The fraction of sp³-hybridized carbons (Fsp3) is 0.391. The number of hydrogen-bond acceptors (Lipinski definition) is 5. The Morgan fingerprint density at radius 3 is 2.47 bits per heavy atom. The number of amides is 3. The van der Waals surface area contributed by atoms with Gasteiger partial charge in [0.1, 0.15) is 5.69 Å². The van der Waals surface area contributed by atoms with Gasteiger partial charge in [0.05, 0.1) is 5.75 Å². The standard InChI is InChI=1S/C23H26N4O4S/c1-14(28)16-3-5-18(6-4-16)24-23(31)26-10-15-9-17(12-26)20-8-7-19(22(30)27(20)11-15)25-21(29)13-32-2/h3-8,15,17H,9-13H2,1-2H3,(H,24,31)(H,25,29)/t15-,17-/m1/s1. The normalized spacial score (nSPS) is 19.1. The summed E-state index contributed by atoms with van der Waals surface area (Å²) in [5.41, 5.74) is 2.25. The van der Waals surface area contributed by atoms with E-state index in [0.29, 0.717) is 42.3 Å². The van der Waals surface area contributed by atoms with Crippen molar-refractivity contribution in [2.75, 3.05) is 35.7 Å². The van der Waals surface area contributed by atoms with Crippen molar-refractivity contribution in [3.05, 3.63) is 58.0 Å². The van der Waals surface area contributed by atoms with Crippen LogP contribution in [-0.2, 0) is 11.3 Å². The van der Waals surface area contributed by atoms with Gasteiger partial charge in [-0.1, -0.05) is 0 Å². The van der Waals surface area contributed by atoms with Crippen LogP contribution in [0.3, 0.4) is 0 Å². The topological polar surface area (TPSA) is 101 Å². The number of ketones is 1. The largest absolute Gasteiger partial charge is 0.324 e. The van der Waals surface area contributed by atoms with Gasteiger partial charge in [-0.25, -0.2) is 4.79 Å². The number of pyridine rings is 1. The van der Waals surface area contributed by atoms with Crippen LogP contribution in [0.25, 0.3) is 0 Å². The molecule has 2 aromatic rings. The first-order valence-corrected chi connectivity index (χ1v) is 11.9. The summed E-state index contributed by atoms with van der Waals surface area (Å²) in [4.78, 5) is 50.9. The number of anilines is 2. The molecule has 0 radical (unpaired) electrons. The lowest BCUT2D eigenvalue weighted by atomic mass is 9.83. The van der Waals surface area contributed by atoms with Crippen molar-refractivity contribution < 1.29 is 14.4 Å². The number of thioether (sulfide) groups is 1. The first-order valence-electron chi connectivity index (χ1n) is 10.5. The van der Waals surface area contributed by atoms with Crippen LogP contribution in [0.5, 0.6) is 0 Å². The number of fused-ring (bicyclic) bond motifs is 4. The van der Waals surface area contributed by atoms with Gasteiger partial charge in [0.25, 0.3) is 5.56 Å². The fourth-order valence-corrected chi connectivity index (χ4v) is 4.85. The zero-order valence-corrected chi connectivity index (χ0v) is 18.9. The van der Waals surface area contributed by atoms with Crippen molar-refractivity contribution in [3.8, 4) is 0 Å². The molecule has 0 spiro atoms. The van der Waals surface area contributed by atoms with Crippen LogP contribution in [0, 0.1) is 5.92 Å². The van der Waals surface area contributed by atoms with Gasteiger partial charge in [-0.3, -0.25) is 14.4 Å². The van der Waals surface area contributed by atoms with Crippen LogP contribution < -0.4 is 16.2 Å². The minimum atomic E-state index is -0.190. The maximum absolute atomic E-state index is 12.9. The molecular weight excluding hydrogens is 428 g/mol. The second-order valence-electron chi connectivity index (χ2n) is 8.34. The van der Waals surface area contributed by atoms with Crippen LogP contribution in [0.1, 0.15) is 35.3 Å². The molecular formula is C23H26N4O4S. The van der Waals surface area contributed by atoms with Crippen LogP contribution in [-0.4, -0.2) is 52.3 Å². The van der Waals surface area contributed by atoms with E-state index in [4.69, 9.17) is 0 Å². The number of urea groups is 1. The average molecular weight is 455 g/mol. The number of hydrogen-bond donors (Lipinski definition) is 2. The van der Waals surface area contributed by atoms with Crippen molar-refractivity contribution >= 4 is 40.9 Å².